The molecule has 1 aromatic rings. The fraction of sp³-hybridized carbons (Fsp3) is 0.778. The lowest BCUT2D eigenvalue weighted by Crippen LogP contribution is -2.47. The van der Waals surface area contributed by atoms with Gasteiger partial charge in [0.25, 0.3) is 0 Å². The molecule has 3 fully saturated rings. The van der Waals surface area contributed by atoms with E-state index in [0.717, 1.165) is 94.7 Å². The predicted octanol–water partition coefficient (Wildman–Crippen LogP) is 4.03. The van der Waals surface area contributed by atoms with Crippen LogP contribution in [0.15, 0.2) is 6.20 Å². The zero-order valence-electron chi connectivity index (χ0n) is 20.4. The molecule has 0 aromatic carbocycles. The minimum absolute atomic E-state index is 0.277. The third-order valence-electron chi connectivity index (χ3n) is 8.54. The first-order chi connectivity index (χ1) is 16.2. The van der Waals surface area contributed by atoms with Gasteiger partial charge in [0.1, 0.15) is 17.4 Å². The zero-order valence-corrected chi connectivity index (χ0v) is 20.4. The van der Waals surface area contributed by atoms with E-state index < -0.39 is 0 Å². The number of carbonyl (C=O) groups excluding carboxylic acids is 1. The molecule has 33 heavy (non-hydrogen) atoms. The normalized spacial score (nSPS) is 26.8. The van der Waals surface area contributed by atoms with Crippen LogP contribution in [0.3, 0.4) is 0 Å². The number of ketones is 1. The molecule has 0 unspecified atom stereocenters. The Hall–Kier alpha value is -1.66. The first-order valence-corrected chi connectivity index (χ1v) is 13.4. The maximum absolute atomic E-state index is 12.6. The molecule has 4 heterocycles. The molecule has 2 saturated heterocycles. The molecule has 5 rings (SSSR count). The Morgan fingerprint density at radius 2 is 1.73 bits per heavy atom. The van der Waals surface area contributed by atoms with Gasteiger partial charge in [-0.25, -0.2) is 4.98 Å². The van der Waals surface area contributed by atoms with Crippen LogP contribution < -0.4 is 9.64 Å². The van der Waals surface area contributed by atoms with Crippen LogP contribution in [0.2, 0.25) is 0 Å². The van der Waals surface area contributed by atoms with Crippen LogP contribution in [0.25, 0.3) is 0 Å². The maximum atomic E-state index is 12.6. The number of rotatable bonds is 7. The van der Waals surface area contributed by atoms with Crippen LogP contribution in [0.1, 0.15) is 62.5 Å². The number of carbonyl (C=O) groups is 1. The van der Waals surface area contributed by atoms with Gasteiger partial charge < -0.3 is 14.4 Å². The third-order valence-corrected chi connectivity index (χ3v) is 8.54. The molecule has 1 aromatic heterocycles. The average molecular weight is 456 g/mol. The summed E-state index contributed by atoms with van der Waals surface area (Å²) in [6, 6.07) is 0. The molecule has 182 valence electrons. The summed E-state index contributed by atoms with van der Waals surface area (Å²) < 4.78 is 11.3. The summed E-state index contributed by atoms with van der Waals surface area (Å²) in [5.74, 6) is 4.50. The fourth-order valence-electron chi connectivity index (χ4n) is 6.33. The monoisotopic (exact) mass is 455 g/mol. The van der Waals surface area contributed by atoms with Crippen molar-refractivity contribution in [3.63, 3.8) is 0 Å². The average Bonchev–Trinajstić information content (AvgIpc) is 3.36. The Labute approximate surface area is 199 Å². The summed E-state index contributed by atoms with van der Waals surface area (Å²) in [5, 5.41) is 0. The van der Waals surface area contributed by atoms with Crippen molar-refractivity contribution >= 4 is 11.6 Å². The van der Waals surface area contributed by atoms with Crippen LogP contribution in [-0.2, 0) is 16.0 Å². The second-order valence-corrected chi connectivity index (χ2v) is 10.7. The van der Waals surface area contributed by atoms with E-state index in [4.69, 9.17) is 14.5 Å². The molecule has 6 heteroatoms. The molecule has 0 bridgehead atoms. The first kappa shape index (κ1) is 23.1. The largest absolute Gasteiger partial charge is 0.492 e. The molecule has 0 N–H and O–H groups in total. The Kier molecular flexibility index (Phi) is 7.51. The van der Waals surface area contributed by atoms with E-state index in [1.807, 2.05) is 6.20 Å². The first-order valence-electron chi connectivity index (χ1n) is 13.4. The summed E-state index contributed by atoms with van der Waals surface area (Å²) >= 11 is 0. The lowest BCUT2D eigenvalue weighted by molar-refractivity contribution is -0.126. The molecule has 1 aliphatic carbocycles. The summed E-state index contributed by atoms with van der Waals surface area (Å²) in [5.41, 5.74) is 2.48. The molecule has 4 aliphatic rings. The molecule has 0 atom stereocenters. The lowest BCUT2D eigenvalue weighted by atomic mass is 9.77. The highest BCUT2D eigenvalue weighted by Gasteiger charge is 2.29. The Bertz CT molecular complexity index is 807. The number of Topliss-reactive ketones (excluding diaryl/α,β-unsaturated/α-hetero) is 1. The number of nitrogens with zero attached hydrogens (tertiary/aromatic N) is 3. The second-order valence-electron chi connectivity index (χ2n) is 10.7. The summed E-state index contributed by atoms with van der Waals surface area (Å²) in [6.45, 7) is 10.0. The molecule has 3 aliphatic heterocycles. The Balaban J connectivity index is 1.01. The molecule has 1 saturated carbocycles. The number of anilines is 1. The molecule has 0 radical (unpaired) electrons. The van der Waals surface area contributed by atoms with Gasteiger partial charge in [0, 0.05) is 75.5 Å². The van der Waals surface area contributed by atoms with E-state index >= 15 is 0 Å². The number of aryl methyl sites for hydroxylation is 1. The number of aromatic nitrogens is 1. The standard InChI is InChI=1S/C27H41N3O3/c1-20-19-28-27(24-9-17-33-26(20)24)30-13-11-29(12-14-30)10-6-21-2-4-22(5-3-21)18-25(31)23-7-15-32-16-8-23/h19,21-23H,2-18H2,1H3. The van der Waals surface area contributed by atoms with E-state index in [1.54, 1.807) is 0 Å². The van der Waals surface area contributed by atoms with Gasteiger partial charge in [0.05, 0.1) is 6.61 Å². The van der Waals surface area contributed by atoms with Gasteiger partial charge in [0.2, 0.25) is 0 Å². The number of ether oxygens (including phenoxy) is 2. The van der Waals surface area contributed by atoms with Gasteiger partial charge in [-0.05, 0) is 57.4 Å². The number of hydrogen-bond acceptors (Lipinski definition) is 6. The maximum Gasteiger partial charge on any atom is 0.136 e. The SMILES string of the molecule is Cc1cnc(N2CCN(CCC3CCC(CC(=O)C4CCOCC4)CC3)CC2)c2c1OCC2. The van der Waals surface area contributed by atoms with Crippen LogP contribution in [-0.4, -0.2) is 68.2 Å². The van der Waals surface area contributed by atoms with Crippen LogP contribution >= 0.6 is 0 Å². The van der Waals surface area contributed by atoms with Crippen molar-refractivity contribution in [2.75, 3.05) is 57.4 Å². The summed E-state index contributed by atoms with van der Waals surface area (Å²) in [6.07, 6.45) is 12.1. The van der Waals surface area contributed by atoms with Gasteiger partial charge in [0.15, 0.2) is 0 Å². The number of piperazine rings is 1. The molecule has 0 spiro atoms. The van der Waals surface area contributed by atoms with Gasteiger partial charge in [-0.3, -0.25) is 9.69 Å². The predicted molar refractivity (Wildman–Crippen MR) is 130 cm³/mol. The highest BCUT2D eigenvalue weighted by Crippen LogP contribution is 2.36. The van der Waals surface area contributed by atoms with Gasteiger partial charge in [-0.1, -0.05) is 12.8 Å². The van der Waals surface area contributed by atoms with Gasteiger partial charge in [-0.2, -0.15) is 0 Å². The van der Waals surface area contributed by atoms with Crippen LogP contribution in [0.4, 0.5) is 5.82 Å². The van der Waals surface area contributed by atoms with Crippen molar-refractivity contribution in [3.05, 3.63) is 17.3 Å². The summed E-state index contributed by atoms with van der Waals surface area (Å²) in [7, 11) is 0. The molecular formula is C27H41N3O3. The minimum Gasteiger partial charge on any atom is -0.492 e. The van der Waals surface area contributed by atoms with E-state index in [1.165, 1.54) is 44.2 Å². The van der Waals surface area contributed by atoms with E-state index in [9.17, 15) is 4.79 Å². The van der Waals surface area contributed by atoms with Gasteiger partial charge in [-0.15, -0.1) is 0 Å². The van der Waals surface area contributed by atoms with Crippen molar-refractivity contribution in [1.29, 1.82) is 0 Å². The lowest BCUT2D eigenvalue weighted by Gasteiger charge is -2.37. The van der Waals surface area contributed by atoms with Gasteiger partial charge >= 0.3 is 0 Å². The minimum atomic E-state index is 0.277. The molecule has 0 amide bonds. The topological polar surface area (TPSA) is 54.9 Å². The Morgan fingerprint density at radius 1 is 1.00 bits per heavy atom. The van der Waals surface area contributed by atoms with Crippen molar-refractivity contribution in [2.24, 2.45) is 17.8 Å². The van der Waals surface area contributed by atoms with Crippen molar-refractivity contribution in [1.82, 2.24) is 9.88 Å². The van der Waals surface area contributed by atoms with Crippen LogP contribution in [0, 0.1) is 24.7 Å². The van der Waals surface area contributed by atoms with E-state index in [2.05, 4.69) is 16.7 Å². The summed E-state index contributed by atoms with van der Waals surface area (Å²) in [4.78, 5) is 22.5. The Morgan fingerprint density at radius 3 is 2.48 bits per heavy atom. The number of fused-ring (bicyclic) bond motifs is 1. The highest BCUT2D eigenvalue weighted by molar-refractivity contribution is 5.81. The molecular weight excluding hydrogens is 414 g/mol. The van der Waals surface area contributed by atoms with Crippen molar-refractivity contribution in [3.8, 4) is 5.75 Å². The van der Waals surface area contributed by atoms with Crippen molar-refractivity contribution in [2.45, 2.75) is 64.7 Å². The number of pyridine rings is 1. The van der Waals surface area contributed by atoms with Crippen molar-refractivity contribution < 1.29 is 14.3 Å². The third kappa shape index (κ3) is 5.54. The highest BCUT2D eigenvalue weighted by atomic mass is 16.5. The van der Waals surface area contributed by atoms with Crippen LogP contribution in [0.5, 0.6) is 5.75 Å². The second kappa shape index (κ2) is 10.7. The van der Waals surface area contributed by atoms with E-state index in [0.29, 0.717) is 11.7 Å². The number of hydrogen-bond donors (Lipinski definition) is 0. The fourth-order valence-corrected chi connectivity index (χ4v) is 6.33. The smallest absolute Gasteiger partial charge is 0.136 e. The zero-order chi connectivity index (χ0) is 22.6. The van der Waals surface area contributed by atoms with E-state index in [-0.39, 0.29) is 5.92 Å². The quantitative estimate of drug-likeness (QED) is 0.619. The molecule has 6 nitrogen and oxygen atoms in total.